The summed E-state index contributed by atoms with van der Waals surface area (Å²) in [5, 5.41) is 12.5. The maximum atomic E-state index is 10.9. The maximum Gasteiger partial charge on any atom is 0.296 e. The van der Waals surface area contributed by atoms with E-state index in [0.717, 1.165) is 11.3 Å². The molecule has 100 valence electrons. The van der Waals surface area contributed by atoms with Crippen LogP contribution in [0.2, 0.25) is 0 Å². The molecular weight excluding hydrogens is 310 g/mol. The molecule has 0 aliphatic heterocycles. The van der Waals surface area contributed by atoms with Gasteiger partial charge in [0.25, 0.3) is 4.45 Å². The zero-order valence-corrected chi connectivity index (χ0v) is 11.8. The first-order valence-corrected chi connectivity index (χ1v) is 6.59. The number of nitro groups is 1. The van der Waals surface area contributed by atoms with Gasteiger partial charge in [-0.1, -0.05) is 36.4 Å². The van der Waals surface area contributed by atoms with Crippen LogP contribution in [0, 0.1) is 10.1 Å². The van der Waals surface area contributed by atoms with Crippen molar-refractivity contribution in [2.24, 2.45) is 5.84 Å². The van der Waals surface area contributed by atoms with Crippen LogP contribution >= 0.6 is 15.9 Å². The van der Waals surface area contributed by atoms with Gasteiger partial charge in [0, 0.05) is 32.6 Å². The number of nitrogens with two attached hydrogens (primary N) is 1. The Labute approximate surface area is 119 Å². The van der Waals surface area contributed by atoms with Gasteiger partial charge in [0.15, 0.2) is 0 Å². The van der Waals surface area contributed by atoms with Crippen molar-refractivity contribution in [2.75, 3.05) is 0 Å². The van der Waals surface area contributed by atoms with Gasteiger partial charge in [0.2, 0.25) is 0 Å². The van der Waals surface area contributed by atoms with Crippen molar-refractivity contribution in [2.45, 2.75) is 17.4 Å². The van der Waals surface area contributed by atoms with Crippen LogP contribution in [0.5, 0.6) is 0 Å². The first kappa shape index (κ1) is 13.8. The number of hydrogen-bond donors (Lipinski definition) is 1. The fraction of sp³-hybridized carbons (Fsp3) is 0.231. The number of benzene rings is 1. The predicted molar refractivity (Wildman–Crippen MR) is 76.7 cm³/mol. The Balaban J connectivity index is 2.03. The van der Waals surface area contributed by atoms with Gasteiger partial charge >= 0.3 is 0 Å². The van der Waals surface area contributed by atoms with E-state index in [9.17, 15) is 10.1 Å². The number of allylic oxidation sites excluding steroid dienone is 1. The average molecular weight is 324 g/mol. The van der Waals surface area contributed by atoms with Crippen LogP contribution in [0.4, 0.5) is 0 Å². The van der Waals surface area contributed by atoms with Crippen molar-refractivity contribution in [3.8, 4) is 0 Å². The van der Waals surface area contributed by atoms with E-state index in [0.29, 0.717) is 6.54 Å². The Kier molecular flexibility index (Phi) is 4.01. The van der Waals surface area contributed by atoms with Crippen LogP contribution in [-0.4, -0.2) is 14.4 Å². The molecule has 0 radical (unpaired) electrons. The van der Waals surface area contributed by atoms with E-state index < -0.39 is 4.45 Å². The molecular formula is C13H14BrN3O2. The van der Waals surface area contributed by atoms with E-state index in [1.165, 1.54) is 6.08 Å². The molecule has 0 heterocycles. The van der Waals surface area contributed by atoms with Gasteiger partial charge in [-0.15, -0.1) is 0 Å². The fourth-order valence-electron chi connectivity index (χ4n) is 1.82. The van der Waals surface area contributed by atoms with E-state index >= 15 is 0 Å². The highest BCUT2D eigenvalue weighted by atomic mass is 79.9. The van der Waals surface area contributed by atoms with Crippen LogP contribution in [0.25, 0.3) is 0 Å². The summed E-state index contributed by atoms with van der Waals surface area (Å²) < 4.78 is -1.20. The molecule has 0 saturated carbocycles. The third-order valence-electron chi connectivity index (χ3n) is 2.94. The van der Waals surface area contributed by atoms with Crippen molar-refractivity contribution < 1.29 is 4.92 Å². The SMILES string of the molecule is NN(Cc1ccccc1)C1=CCC(Br)([N+](=O)[O-])C=C1. The summed E-state index contributed by atoms with van der Waals surface area (Å²) in [4.78, 5) is 10.5. The van der Waals surface area contributed by atoms with E-state index in [4.69, 9.17) is 5.84 Å². The molecule has 1 aromatic rings. The van der Waals surface area contributed by atoms with Gasteiger partial charge in [0.1, 0.15) is 0 Å². The molecule has 1 aromatic carbocycles. The smallest absolute Gasteiger partial charge is 0.296 e. The quantitative estimate of drug-likeness (QED) is 0.304. The standard InChI is InChI=1S/C13H14BrN3O2/c14-13(17(18)19)8-6-12(7-9-13)16(15)10-11-4-2-1-3-5-11/h1-8H,9-10,15H2. The molecule has 0 fully saturated rings. The molecule has 5 nitrogen and oxygen atoms in total. The molecule has 2 N–H and O–H groups in total. The second kappa shape index (κ2) is 5.54. The van der Waals surface area contributed by atoms with Crippen molar-refractivity contribution in [3.63, 3.8) is 0 Å². The highest BCUT2D eigenvalue weighted by molar-refractivity contribution is 9.10. The Morgan fingerprint density at radius 1 is 1.42 bits per heavy atom. The molecule has 0 aromatic heterocycles. The number of halogens is 1. The second-order valence-electron chi connectivity index (χ2n) is 4.36. The molecule has 1 aliphatic rings. The predicted octanol–water partition coefficient (Wildman–Crippen LogP) is 2.57. The largest absolute Gasteiger partial charge is 0.307 e. The molecule has 2 rings (SSSR count). The fourth-order valence-corrected chi connectivity index (χ4v) is 2.11. The Morgan fingerprint density at radius 2 is 2.11 bits per heavy atom. The highest BCUT2D eigenvalue weighted by Crippen LogP contribution is 2.30. The maximum absolute atomic E-state index is 10.9. The minimum Gasteiger partial charge on any atom is -0.307 e. The van der Waals surface area contributed by atoms with E-state index in [1.807, 2.05) is 30.3 Å². The van der Waals surface area contributed by atoms with Crippen LogP contribution < -0.4 is 5.84 Å². The average Bonchev–Trinajstić information content (AvgIpc) is 2.40. The first-order chi connectivity index (χ1) is 9.01. The number of rotatable bonds is 4. The van der Waals surface area contributed by atoms with Crippen LogP contribution in [0.3, 0.4) is 0 Å². The summed E-state index contributed by atoms with van der Waals surface area (Å²) in [6, 6.07) is 9.81. The summed E-state index contributed by atoms with van der Waals surface area (Å²) in [5.74, 6) is 5.97. The second-order valence-corrected chi connectivity index (χ2v) is 5.73. The summed E-state index contributed by atoms with van der Waals surface area (Å²) >= 11 is 3.11. The minimum absolute atomic E-state index is 0.272. The monoisotopic (exact) mass is 323 g/mol. The molecule has 1 aliphatic carbocycles. The van der Waals surface area contributed by atoms with Crippen LogP contribution in [0.15, 0.2) is 54.3 Å². The van der Waals surface area contributed by atoms with Crippen molar-refractivity contribution in [1.29, 1.82) is 0 Å². The van der Waals surface area contributed by atoms with Crippen molar-refractivity contribution >= 4 is 15.9 Å². The summed E-state index contributed by atoms with van der Waals surface area (Å²) in [6.07, 6.45) is 5.23. The molecule has 19 heavy (non-hydrogen) atoms. The zero-order chi connectivity index (χ0) is 13.9. The molecule has 0 amide bonds. The van der Waals surface area contributed by atoms with Gasteiger partial charge in [-0.2, -0.15) is 0 Å². The number of nitrogens with zero attached hydrogens (tertiary/aromatic N) is 2. The lowest BCUT2D eigenvalue weighted by Gasteiger charge is -2.24. The van der Waals surface area contributed by atoms with Gasteiger partial charge in [0.05, 0.1) is 13.0 Å². The lowest BCUT2D eigenvalue weighted by Crippen LogP contribution is -2.34. The Bertz CT molecular complexity index is 530. The van der Waals surface area contributed by atoms with Crippen molar-refractivity contribution in [3.05, 3.63) is 69.9 Å². The van der Waals surface area contributed by atoms with Gasteiger partial charge < -0.3 is 5.01 Å². The Morgan fingerprint density at radius 3 is 2.63 bits per heavy atom. The van der Waals surface area contributed by atoms with Crippen LogP contribution in [-0.2, 0) is 6.54 Å². The molecule has 1 atom stereocenters. The topological polar surface area (TPSA) is 72.4 Å². The third-order valence-corrected chi connectivity index (χ3v) is 3.82. The third kappa shape index (κ3) is 3.21. The lowest BCUT2D eigenvalue weighted by molar-refractivity contribution is -0.521. The molecule has 0 spiro atoms. The van der Waals surface area contributed by atoms with E-state index in [-0.39, 0.29) is 11.3 Å². The van der Waals surface area contributed by atoms with Gasteiger partial charge in [-0.3, -0.25) is 10.1 Å². The summed E-state index contributed by atoms with van der Waals surface area (Å²) in [7, 11) is 0. The number of hydrazine groups is 1. The normalized spacial score (nSPS) is 21.9. The van der Waals surface area contributed by atoms with Gasteiger partial charge in [-0.25, -0.2) is 5.84 Å². The highest BCUT2D eigenvalue weighted by Gasteiger charge is 2.37. The lowest BCUT2D eigenvalue weighted by atomic mass is 10.1. The summed E-state index contributed by atoms with van der Waals surface area (Å²) in [5.41, 5.74) is 1.87. The van der Waals surface area contributed by atoms with Crippen LogP contribution in [0.1, 0.15) is 12.0 Å². The minimum atomic E-state index is -1.20. The van der Waals surface area contributed by atoms with E-state index in [1.54, 1.807) is 17.2 Å². The van der Waals surface area contributed by atoms with Crippen molar-refractivity contribution in [1.82, 2.24) is 5.01 Å². The molecule has 1 unspecified atom stereocenters. The zero-order valence-electron chi connectivity index (χ0n) is 10.2. The summed E-state index contributed by atoms with van der Waals surface area (Å²) in [6.45, 7) is 0.560. The number of hydrogen-bond acceptors (Lipinski definition) is 4. The van der Waals surface area contributed by atoms with E-state index in [2.05, 4.69) is 15.9 Å². The molecule has 0 saturated heterocycles. The number of alkyl halides is 1. The Hall–Kier alpha value is -1.66. The molecule has 6 heteroatoms. The van der Waals surface area contributed by atoms with Gasteiger partial charge in [-0.05, 0) is 11.6 Å². The molecule has 0 bridgehead atoms. The first-order valence-electron chi connectivity index (χ1n) is 5.80.